The normalized spacial score (nSPS) is 14.6. The highest BCUT2D eigenvalue weighted by Crippen LogP contribution is 2.27. The van der Waals surface area contributed by atoms with Gasteiger partial charge in [0.1, 0.15) is 4.21 Å². The highest BCUT2D eigenvalue weighted by atomic mass is 32.2. The number of amides is 1. The van der Waals surface area contributed by atoms with Gasteiger partial charge in [0.15, 0.2) is 0 Å². The van der Waals surface area contributed by atoms with E-state index in [9.17, 15) is 13.2 Å². The second-order valence-corrected chi connectivity index (χ2v) is 7.42. The quantitative estimate of drug-likeness (QED) is 0.906. The molecule has 2 aromatic rings. The standard InChI is InChI=1S/C11H11N3O4S2/c1-7-2-3-19-10(7)20(17,18)14-5-8-4-13(11(15)16)6-9(8)12-14/h2-3,5H,4,6H2,1H3,(H,15,16). The zero-order chi connectivity index (χ0) is 14.5. The smallest absolute Gasteiger partial charge is 0.407 e. The van der Waals surface area contributed by atoms with E-state index in [2.05, 4.69) is 5.10 Å². The van der Waals surface area contributed by atoms with Gasteiger partial charge in [-0.3, -0.25) is 4.90 Å². The van der Waals surface area contributed by atoms with Crippen LogP contribution in [0.3, 0.4) is 0 Å². The van der Waals surface area contributed by atoms with E-state index in [0.29, 0.717) is 16.8 Å². The summed E-state index contributed by atoms with van der Waals surface area (Å²) in [5, 5.41) is 14.6. The van der Waals surface area contributed by atoms with Gasteiger partial charge in [-0.15, -0.1) is 11.3 Å². The molecule has 1 aliphatic heterocycles. The number of hydrogen-bond donors (Lipinski definition) is 1. The minimum atomic E-state index is -3.68. The van der Waals surface area contributed by atoms with Gasteiger partial charge in [-0.1, -0.05) is 0 Å². The third kappa shape index (κ3) is 1.90. The van der Waals surface area contributed by atoms with Crippen LogP contribution in [0.5, 0.6) is 0 Å². The molecule has 0 fully saturated rings. The second-order valence-electron chi connectivity index (χ2n) is 4.51. The average Bonchev–Trinajstić information content (AvgIpc) is 3.00. The number of hydrogen-bond acceptors (Lipinski definition) is 5. The van der Waals surface area contributed by atoms with E-state index in [1.165, 1.54) is 11.1 Å². The molecule has 0 bridgehead atoms. The van der Waals surface area contributed by atoms with Crippen molar-refractivity contribution in [1.29, 1.82) is 0 Å². The first kappa shape index (κ1) is 13.1. The van der Waals surface area contributed by atoms with Gasteiger partial charge in [0, 0.05) is 11.8 Å². The minimum absolute atomic E-state index is 0.122. The Labute approximate surface area is 119 Å². The molecule has 2 aromatic heterocycles. The van der Waals surface area contributed by atoms with Gasteiger partial charge in [0.25, 0.3) is 10.0 Å². The summed E-state index contributed by atoms with van der Waals surface area (Å²) in [5.74, 6) is 0. The van der Waals surface area contributed by atoms with Gasteiger partial charge < -0.3 is 5.11 Å². The Hall–Kier alpha value is -1.87. The molecular weight excluding hydrogens is 302 g/mol. The molecule has 0 atom stereocenters. The Morgan fingerprint density at radius 1 is 1.45 bits per heavy atom. The number of carboxylic acid groups (broad SMARTS) is 1. The van der Waals surface area contributed by atoms with Crippen LogP contribution >= 0.6 is 11.3 Å². The van der Waals surface area contributed by atoms with Gasteiger partial charge >= 0.3 is 6.09 Å². The van der Waals surface area contributed by atoms with Crippen molar-refractivity contribution >= 4 is 27.5 Å². The zero-order valence-electron chi connectivity index (χ0n) is 10.5. The van der Waals surface area contributed by atoms with Crippen LogP contribution in [0.2, 0.25) is 0 Å². The molecule has 7 nitrogen and oxygen atoms in total. The van der Waals surface area contributed by atoms with Gasteiger partial charge in [-0.25, -0.2) is 4.79 Å². The van der Waals surface area contributed by atoms with Crippen LogP contribution < -0.4 is 0 Å². The molecule has 3 rings (SSSR count). The molecular formula is C11H11N3O4S2. The molecule has 0 saturated heterocycles. The molecule has 1 N–H and O–H groups in total. The van der Waals surface area contributed by atoms with E-state index in [-0.39, 0.29) is 17.3 Å². The van der Waals surface area contributed by atoms with Crippen molar-refractivity contribution in [3.63, 3.8) is 0 Å². The first-order valence-corrected chi connectivity index (χ1v) is 8.06. The predicted octanol–water partition coefficient (Wildman–Crippen LogP) is 1.48. The van der Waals surface area contributed by atoms with Gasteiger partial charge in [-0.05, 0) is 23.9 Å². The molecule has 1 amide bonds. The molecule has 3 heterocycles. The second kappa shape index (κ2) is 4.32. The number of nitrogens with zero attached hydrogens (tertiary/aromatic N) is 3. The summed E-state index contributed by atoms with van der Waals surface area (Å²) in [6, 6.07) is 1.74. The van der Waals surface area contributed by atoms with E-state index in [1.54, 1.807) is 18.4 Å². The molecule has 0 saturated carbocycles. The lowest BCUT2D eigenvalue weighted by atomic mass is 10.3. The van der Waals surface area contributed by atoms with Crippen LogP contribution in [0.1, 0.15) is 16.8 Å². The Morgan fingerprint density at radius 3 is 2.75 bits per heavy atom. The highest BCUT2D eigenvalue weighted by Gasteiger charge is 2.30. The zero-order valence-corrected chi connectivity index (χ0v) is 12.1. The maximum absolute atomic E-state index is 12.4. The van der Waals surface area contributed by atoms with Crippen molar-refractivity contribution in [3.8, 4) is 0 Å². The molecule has 0 unspecified atom stereocenters. The average molecular weight is 313 g/mol. The highest BCUT2D eigenvalue weighted by molar-refractivity contribution is 7.92. The van der Waals surface area contributed by atoms with Crippen molar-refractivity contribution in [3.05, 3.63) is 34.5 Å². The summed E-state index contributed by atoms with van der Waals surface area (Å²) >= 11 is 1.14. The lowest BCUT2D eigenvalue weighted by Gasteiger charge is -2.10. The summed E-state index contributed by atoms with van der Waals surface area (Å²) in [5.41, 5.74) is 1.80. The fraction of sp³-hybridized carbons (Fsp3) is 0.273. The molecule has 0 radical (unpaired) electrons. The molecule has 20 heavy (non-hydrogen) atoms. The first-order chi connectivity index (χ1) is 9.39. The van der Waals surface area contributed by atoms with Gasteiger partial charge in [0.2, 0.25) is 0 Å². The van der Waals surface area contributed by atoms with Crippen LogP contribution in [-0.4, -0.2) is 33.7 Å². The Morgan fingerprint density at radius 2 is 2.20 bits per heavy atom. The van der Waals surface area contributed by atoms with Crippen LogP contribution in [0.4, 0.5) is 4.79 Å². The van der Waals surface area contributed by atoms with Crippen LogP contribution in [-0.2, 0) is 23.1 Å². The third-order valence-electron chi connectivity index (χ3n) is 3.12. The third-order valence-corrected chi connectivity index (χ3v) is 6.32. The largest absolute Gasteiger partial charge is 0.465 e. The number of fused-ring (bicyclic) bond motifs is 1. The van der Waals surface area contributed by atoms with E-state index < -0.39 is 16.1 Å². The van der Waals surface area contributed by atoms with Crippen molar-refractivity contribution in [1.82, 2.24) is 14.1 Å². The fourth-order valence-corrected chi connectivity index (χ4v) is 4.74. The summed E-state index contributed by atoms with van der Waals surface area (Å²) in [7, 11) is -3.68. The SMILES string of the molecule is Cc1ccsc1S(=O)(=O)n1cc2c(n1)CN(C(=O)O)C2. The van der Waals surface area contributed by atoms with E-state index in [4.69, 9.17) is 5.11 Å². The van der Waals surface area contributed by atoms with E-state index in [1.807, 2.05) is 0 Å². The Kier molecular flexibility index (Phi) is 2.83. The lowest BCUT2D eigenvalue weighted by Crippen LogP contribution is -2.24. The maximum Gasteiger partial charge on any atom is 0.407 e. The number of aromatic nitrogens is 2. The molecule has 0 aliphatic carbocycles. The predicted molar refractivity (Wildman–Crippen MR) is 71.1 cm³/mol. The van der Waals surface area contributed by atoms with Crippen LogP contribution in [0, 0.1) is 6.92 Å². The lowest BCUT2D eigenvalue weighted by molar-refractivity contribution is 0.144. The monoisotopic (exact) mass is 313 g/mol. The maximum atomic E-state index is 12.4. The number of rotatable bonds is 2. The summed E-state index contributed by atoms with van der Waals surface area (Å²) in [4.78, 5) is 12.0. The number of thiophene rings is 1. The van der Waals surface area contributed by atoms with E-state index >= 15 is 0 Å². The topological polar surface area (TPSA) is 92.5 Å². The molecule has 0 spiro atoms. The van der Waals surface area contributed by atoms with Crippen LogP contribution in [0.15, 0.2) is 21.9 Å². The van der Waals surface area contributed by atoms with Crippen molar-refractivity contribution in [2.45, 2.75) is 24.2 Å². The summed E-state index contributed by atoms with van der Waals surface area (Å²) < 4.78 is 26.0. The van der Waals surface area contributed by atoms with Crippen molar-refractivity contribution < 1.29 is 18.3 Å². The molecule has 1 aliphatic rings. The Bertz CT molecular complexity index is 767. The molecule has 106 valence electrons. The van der Waals surface area contributed by atoms with E-state index in [0.717, 1.165) is 15.4 Å². The summed E-state index contributed by atoms with van der Waals surface area (Å²) in [6.07, 6.45) is 0.360. The van der Waals surface area contributed by atoms with Gasteiger partial charge in [0.05, 0.1) is 18.8 Å². The van der Waals surface area contributed by atoms with Gasteiger partial charge in [-0.2, -0.15) is 17.6 Å². The molecule has 0 aromatic carbocycles. The number of carbonyl (C=O) groups is 1. The fourth-order valence-electron chi connectivity index (χ4n) is 2.09. The summed E-state index contributed by atoms with van der Waals surface area (Å²) in [6.45, 7) is 2.02. The van der Waals surface area contributed by atoms with Crippen molar-refractivity contribution in [2.24, 2.45) is 0 Å². The number of aryl methyl sites for hydroxylation is 1. The Balaban J connectivity index is 1.98. The molecule has 9 heteroatoms. The first-order valence-electron chi connectivity index (χ1n) is 5.74. The van der Waals surface area contributed by atoms with Crippen LogP contribution in [0.25, 0.3) is 0 Å². The van der Waals surface area contributed by atoms with Crippen molar-refractivity contribution in [2.75, 3.05) is 0 Å². The minimum Gasteiger partial charge on any atom is -0.465 e.